The van der Waals surface area contributed by atoms with Crippen LogP contribution >= 0.6 is 0 Å². The van der Waals surface area contributed by atoms with Crippen LogP contribution in [-0.2, 0) is 24.3 Å². The van der Waals surface area contributed by atoms with E-state index in [9.17, 15) is 14.4 Å². The molecule has 0 atom stereocenters. The Bertz CT molecular complexity index is 1290. The average Bonchev–Trinajstić information content (AvgIpc) is 3.22. The third-order valence-electron chi connectivity index (χ3n) is 5.31. The van der Waals surface area contributed by atoms with Gasteiger partial charge in [0, 0.05) is 25.2 Å². The summed E-state index contributed by atoms with van der Waals surface area (Å²) in [5.41, 5.74) is -0.0545. The third-order valence-corrected chi connectivity index (χ3v) is 5.31. The van der Waals surface area contributed by atoms with E-state index in [0.29, 0.717) is 41.7 Å². The van der Waals surface area contributed by atoms with Crippen molar-refractivity contribution >= 4 is 11.6 Å². The van der Waals surface area contributed by atoms with Crippen LogP contribution in [0.15, 0.2) is 32.3 Å². The zero-order valence-corrected chi connectivity index (χ0v) is 18.0. The Labute approximate surface area is 182 Å². The number of fused-ring (bicyclic) bond motifs is 1. The molecule has 32 heavy (non-hydrogen) atoms. The molecule has 4 rings (SSSR count). The van der Waals surface area contributed by atoms with Gasteiger partial charge in [0.25, 0.3) is 5.56 Å². The maximum atomic E-state index is 13.3. The van der Waals surface area contributed by atoms with Gasteiger partial charge in [-0.05, 0) is 31.4 Å². The molecule has 0 bridgehead atoms. The van der Waals surface area contributed by atoms with Crippen LogP contribution in [0.2, 0.25) is 0 Å². The number of nitrogens with one attached hydrogen (secondary N) is 1. The molecule has 1 aromatic carbocycles. The van der Waals surface area contributed by atoms with Gasteiger partial charge in [-0.25, -0.2) is 4.79 Å². The van der Waals surface area contributed by atoms with Crippen molar-refractivity contribution in [1.29, 1.82) is 0 Å². The van der Waals surface area contributed by atoms with Gasteiger partial charge in [-0.2, -0.15) is 4.98 Å². The van der Waals surface area contributed by atoms with Crippen LogP contribution in [0.5, 0.6) is 11.5 Å². The van der Waals surface area contributed by atoms with Crippen LogP contribution in [0.25, 0.3) is 11.4 Å². The van der Waals surface area contributed by atoms with E-state index in [4.69, 9.17) is 14.0 Å². The van der Waals surface area contributed by atoms with E-state index in [0.717, 1.165) is 17.4 Å². The number of hydrogen-bond acceptors (Lipinski definition) is 8. The number of aromatic nitrogens is 4. The van der Waals surface area contributed by atoms with Gasteiger partial charge in [-0.1, -0.05) is 5.16 Å². The monoisotopic (exact) mass is 441 g/mol. The van der Waals surface area contributed by atoms with Gasteiger partial charge in [0.05, 0.1) is 19.9 Å². The van der Waals surface area contributed by atoms with Crippen molar-refractivity contribution in [2.75, 3.05) is 19.5 Å². The average molecular weight is 441 g/mol. The summed E-state index contributed by atoms with van der Waals surface area (Å²) >= 11 is 0. The first kappa shape index (κ1) is 21.3. The smallest absolute Gasteiger partial charge is 0.331 e. The number of aryl methyl sites for hydroxylation is 1. The maximum absolute atomic E-state index is 13.3. The Morgan fingerprint density at radius 1 is 1.22 bits per heavy atom. The van der Waals surface area contributed by atoms with Gasteiger partial charge in [0.2, 0.25) is 17.6 Å². The van der Waals surface area contributed by atoms with Gasteiger partial charge >= 0.3 is 5.69 Å². The summed E-state index contributed by atoms with van der Waals surface area (Å²) in [6, 6.07) is 4.92. The van der Waals surface area contributed by atoms with Crippen molar-refractivity contribution in [2.45, 2.75) is 39.3 Å². The highest BCUT2D eigenvalue weighted by Crippen LogP contribution is 2.29. The number of benzene rings is 1. The van der Waals surface area contributed by atoms with E-state index >= 15 is 0 Å². The van der Waals surface area contributed by atoms with Gasteiger partial charge < -0.3 is 19.3 Å². The van der Waals surface area contributed by atoms with Crippen molar-refractivity contribution in [1.82, 2.24) is 19.3 Å². The summed E-state index contributed by atoms with van der Waals surface area (Å²) in [5.74, 6) is 0.775. The summed E-state index contributed by atoms with van der Waals surface area (Å²) in [6.45, 7) is 1.58. The third kappa shape index (κ3) is 3.88. The maximum Gasteiger partial charge on any atom is 0.331 e. The topological polar surface area (TPSA) is 130 Å². The zero-order valence-electron chi connectivity index (χ0n) is 18.0. The molecule has 0 radical (unpaired) electrons. The molecule has 0 aliphatic carbocycles. The van der Waals surface area contributed by atoms with Crippen LogP contribution in [0.3, 0.4) is 0 Å². The van der Waals surface area contributed by atoms with E-state index in [2.05, 4.69) is 15.5 Å². The number of methoxy groups -OCH3 is 2. The van der Waals surface area contributed by atoms with Crippen LogP contribution in [0, 0.1) is 6.92 Å². The highest BCUT2D eigenvalue weighted by molar-refractivity contribution is 5.92. The van der Waals surface area contributed by atoms with Gasteiger partial charge in [-0.3, -0.25) is 18.7 Å². The molecule has 0 saturated heterocycles. The molecule has 2 aromatic heterocycles. The Kier molecular flexibility index (Phi) is 5.80. The van der Waals surface area contributed by atoms with Crippen molar-refractivity contribution in [2.24, 2.45) is 0 Å². The van der Waals surface area contributed by atoms with E-state index in [-0.39, 0.29) is 11.4 Å². The molecule has 1 aliphatic rings. The number of carbonyl (C=O) groups is 1. The van der Waals surface area contributed by atoms with Gasteiger partial charge in [0.1, 0.15) is 23.6 Å². The summed E-state index contributed by atoms with van der Waals surface area (Å²) in [7, 11) is 2.97. The fraction of sp³-hybridized carbons (Fsp3) is 0.381. The van der Waals surface area contributed by atoms with Gasteiger partial charge in [0.15, 0.2) is 0 Å². The second-order valence-electron chi connectivity index (χ2n) is 7.36. The number of ether oxygens (including phenoxy) is 2. The lowest BCUT2D eigenvalue weighted by Crippen LogP contribution is -2.45. The lowest BCUT2D eigenvalue weighted by molar-refractivity contribution is -0.116. The number of amides is 1. The van der Waals surface area contributed by atoms with E-state index in [1.54, 1.807) is 25.1 Å². The fourth-order valence-electron chi connectivity index (χ4n) is 3.80. The highest BCUT2D eigenvalue weighted by atomic mass is 16.5. The fourth-order valence-corrected chi connectivity index (χ4v) is 3.80. The van der Waals surface area contributed by atoms with Crippen LogP contribution in [0.1, 0.15) is 24.4 Å². The lowest BCUT2D eigenvalue weighted by atomic mass is 10.0. The second-order valence-corrected chi connectivity index (χ2v) is 7.36. The predicted octanol–water partition coefficient (Wildman–Crippen LogP) is 1.36. The van der Waals surface area contributed by atoms with Crippen molar-refractivity contribution in [3.8, 4) is 22.9 Å². The van der Waals surface area contributed by atoms with Crippen molar-refractivity contribution < 1.29 is 18.8 Å². The summed E-state index contributed by atoms with van der Waals surface area (Å²) in [5, 5.41) is 6.55. The number of hydrogen-bond donors (Lipinski definition) is 1. The molecule has 3 aromatic rings. The number of anilines is 1. The summed E-state index contributed by atoms with van der Waals surface area (Å²) < 4.78 is 17.9. The molecule has 0 saturated carbocycles. The summed E-state index contributed by atoms with van der Waals surface area (Å²) in [6.07, 6.45) is 2.17. The molecule has 0 unspecified atom stereocenters. The Balaban J connectivity index is 1.74. The Hall–Kier alpha value is -3.89. The molecule has 1 amide bonds. The zero-order chi connectivity index (χ0) is 22.8. The minimum atomic E-state index is -0.628. The second kappa shape index (κ2) is 8.69. The molecule has 11 nitrogen and oxygen atoms in total. The van der Waals surface area contributed by atoms with Crippen molar-refractivity contribution in [3.05, 3.63) is 50.6 Å². The Morgan fingerprint density at radius 3 is 2.72 bits per heavy atom. The molecular formula is C21H23N5O6. The molecule has 11 heteroatoms. The molecule has 1 aliphatic heterocycles. The molecule has 0 fully saturated rings. The van der Waals surface area contributed by atoms with Crippen LogP contribution in [0.4, 0.5) is 5.69 Å². The first-order chi connectivity index (χ1) is 15.4. The normalized spacial score (nSPS) is 12.8. The standard InChI is InChI=1S/C21H23N5O6/c1-12-22-19(24-32-12)18-15-6-4-5-9-25(15)21(29)26(20(18)28)11-17(27)23-14-10-13(30-2)7-8-16(14)31-3/h7-8,10H,4-6,9,11H2,1-3H3,(H,23,27). The molecule has 0 spiro atoms. The molecule has 168 valence electrons. The first-order valence-corrected chi connectivity index (χ1v) is 10.1. The predicted molar refractivity (Wildman–Crippen MR) is 114 cm³/mol. The van der Waals surface area contributed by atoms with Gasteiger partial charge in [-0.15, -0.1) is 0 Å². The van der Waals surface area contributed by atoms with E-state index in [1.807, 2.05) is 0 Å². The summed E-state index contributed by atoms with van der Waals surface area (Å²) in [4.78, 5) is 43.3. The lowest BCUT2D eigenvalue weighted by Gasteiger charge is -2.21. The molecule has 1 N–H and O–H groups in total. The van der Waals surface area contributed by atoms with E-state index in [1.165, 1.54) is 18.8 Å². The molecular weight excluding hydrogens is 418 g/mol. The molecule has 3 heterocycles. The minimum absolute atomic E-state index is 0.113. The Morgan fingerprint density at radius 2 is 2.03 bits per heavy atom. The minimum Gasteiger partial charge on any atom is -0.497 e. The quantitative estimate of drug-likeness (QED) is 0.607. The number of rotatable bonds is 6. The number of carbonyl (C=O) groups excluding carboxylic acids is 1. The largest absolute Gasteiger partial charge is 0.497 e. The van der Waals surface area contributed by atoms with Crippen LogP contribution < -0.4 is 26.0 Å². The first-order valence-electron chi connectivity index (χ1n) is 10.1. The van der Waals surface area contributed by atoms with Crippen LogP contribution in [-0.4, -0.2) is 39.4 Å². The SMILES string of the molecule is COc1ccc(OC)c(NC(=O)Cn2c(=O)c(-c3noc(C)n3)c3n(c2=O)CCCC3)c1. The number of nitrogens with zero attached hydrogens (tertiary/aromatic N) is 4. The van der Waals surface area contributed by atoms with E-state index < -0.39 is 23.7 Å². The van der Waals surface area contributed by atoms with Crippen molar-refractivity contribution in [3.63, 3.8) is 0 Å². The highest BCUT2D eigenvalue weighted by Gasteiger charge is 2.26.